The quantitative estimate of drug-likeness (QED) is 0.920. The Balaban J connectivity index is 2.18. The second-order valence-electron chi connectivity index (χ2n) is 4.75. The summed E-state index contributed by atoms with van der Waals surface area (Å²) in [5.41, 5.74) is 4.45. The van der Waals surface area contributed by atoms with Crippen molar-refractivity contribution < 1.29 is 4.79 Å². The highest BCUT2D eigenvalue weighted by atomic mass is 16.1. The molecule has 2 aromatic carbocycles. The molecule has 0 saturated carbocycles. The second-order valence-corrected chi connectivity index (χ2v) is 4.75. The maximum absolute atomic E-state index is 12.2. The van der Waals surface area contributed by atoms with Gasteiger partial charge in [0.05, 0.1) is 12.5 Å². The van der Waals surface area contributed by atoms with Crippen LogP contribution in [-0.4, -0.2) is 5.91 Å². The number of anilines is 1. The van der Waals surface area contributed by atoms with Gasteiger partial charge in [0.15, 0.2) is 0 Å². The zero-order valence-electron chi connectivity index (χ0n) is 11.6. The Hall–Kier alpha value is -2.60. The van der Waals surface area contributed by atoms with Crippen molar-refractivity contribution in [1.29, 1.82) is 5.26 Å². The van der Waals surface area contributed by atoms with Crippen LogP contribution in [0.2, 0.25) is 0 Å². The van der Waals surface area contributed by atoms with E-state index in [-0.39, 0.29) is 5.91 Å². The van der Waals surface area contributed by atoms with Gasteiger partial charge in [0.2, 0.25) is 0 Å². The normalized spacial score (nSPS) is 9.85. The highest BCUT2D eigenvalue weighted by Crippen LogP contribution is 2.20. The molecule has 2 rings (SSSR count). The van der Waals surface area contributed by atoms with Crippen molar-refractivity contribution in [3.8, 4) is 6.07 Å². The molecule has 20 heavy (non-hydrogen) atoms. The van der Waals surface area contributed by atoms with Gasteiger partial charge >= 0.3 is 0 Å². The minimum absolute atomic E-state index is 0.133. The van der Waals surface area contributed by atoms with E-state index in [1.54, 1.807) is 12.1 Å². The number of carbonyl (C=O) groups excluding carboxylic acids is 1. The Morgan fingerprint density at radius 1 is 1.10 bits per heavy atom. The molecule has 1 N–H and O–H groups in total. The van der Waals surface area contributed by atoms with Gasteiger partial charge in [-0.1, -0.05) is 30.3 Å². The van der Waals surface area contributed by atoms with Crippen LogP contribution in [0.15, 0.2) is 42.5 Å². The van der Waals surface area contributed by atoms with Crippen LogP contribution in [0.5, 0.6) is 0 Å². The number of hydrogen-bond acceptors (Lipinski definition) is 2. The summed E-state index contributed by atoms with van der Waals surface area (Å²) in [4.78, 5) is 12.2. The van der Waals surface area contributed by atoms with E-state index in [0.717, 1.165) is 22.4 Å². The third-order valence-corrected chi connectivity index (χ3v) is 3.22. The van der Waals surface area contributed by atoms with Crippen molar-refractivity contribution in [1.82, 2.24) is 0 Å². The number of nitrogens with one attached hydrogen (secondary N) is 1. The molecule has 0 aliphatic rings. The Bertz CT molecular complexity index is 646. The highest BCUT2D eigenvalue weighted by molar-refractivity contribution is 6.05. The van der Waals surface area contributed by atoms with Gasteiger partial charge in [-0.15, -0.1) is 0 Å². The van der Waals surface area contributed by atoms with Gasteiger partial charge in [-0.05, 0) is 42.7 Å². The molecule has 3 heteroatoms. The Labute approximate surface area is 118 Å². The molecule has 0 aliphatic heterocycles. The third-order valence-electron chi connectivity index (χ3n) is 3.22. The molecular weight excluding hydrogens is 248 g/mol. The second kappa shape index (κ2) is 6.03. The average Bonchev–Trinajstić information content (AvgIpc) is 2.44. The van der Waals surface area contributed by atoms with Crippen molar-refractivity contribution in [2.24, 2.45) is 0 Å². The molecule has 0 bridgehead atoms. The van der Waals surface area contributed by atoms with Gasteiger partial charge in [-0.2, -0.15) is 5.26 Å². The minimum atomic E-state index is -0.133. The molecule has 0 radical (unpaired) electrons. The first-order valence-corrected chi connectivity index (χ1v) is 6.45. The van der Waals surface area contributed by atoms with Crippen LogP contribution in [0.25, 0.3) is 0 Å². The van der Waals surface area contributed by atoms with E-state index >= 15 is 0 Å². The van der Waals surface area contributed by atoms with E-state index in [4.69, 9.17) is 5.26 Å². The summed E-state index contributed by atoms with van der Waals surface area (Å²) in [7, 11) is 0. The fourth-order valence-electron chi connectivity index (χ4n) is 2.06. The topological polar surface area (TPSA) is 52.9 Å². The Morgan fingerprint density at radius 2 is 1.70 bits per heavy atom. The summed E-state index contributed by atoms with van der Waals surface area (Å²) >= 11 is 0. The fourth-order valence-corrected chi connectivity index (χ4v) is 2.06. The number of rotatable bonds is 3. The monoisotopic (exact) mass is 264 g/mol. The van der Waals surface area contributed by atoms with Crippen LogP contribution in [0.4, 0.5) is 5.69 Å². The molecule has 0 fully saturated rings. The Kier molecular flexibility index (Phi) is 4.17. The zero-order valence-corrected chi connectivity index (χ0v) is 11.6. The number of hydrogen-bond donors (Lipinski definition) is 1. The van der Waals surface area contributed by atoms with Crippen molar-refractivity contribution >= 4 is 11.6 Å². The lowest BCUT2D eigenvalue weighted by Gasteiger charge is -2.11. The molecule has 0 saturated heterocycles. The minimum Gasteiger partial charge on any atom is -0.322 e. The molecule has 100 valence electrons. The van der Waals surface area contributed by atoms with Gasteiger partial charge in [-0.3, -0.25) is 4.79 Å². The summed E-state index contributed by atoms with van der Waals surface area (Å²) in [5, 5.41) is 11.6. The molecule has 0 aliphatic carbocycles. The number of benzene rings is 2. The first-order chi connectivity index (χ1) is 9.61. The van der Waals surface area contributed by atoms with Crippen LogP contribution >= 0.6 is 0 Å². The lowest BCUT2D eigenvalue weighted by Crippen LogP contribution is -2.13. The predicted octanol–water partition coefficient (Wildman–Crippen LogP) is 3.62. The molecule has 0 heterocycles. The van der Waals surface area contributed by atoms with Crippen molar-refractivity contribution in [2.45, 2.75) is 20.3 Å². The van der Waals surface area contributed by atoms with Crippen molar-refractivity contribution in [3.05, 3.63) is 64.7 Å². The molecular formula is C17H16N2O. The standard InChI is InChI=1S/C17H16N2O/c1-12-4-3-5-13(2)16(12)19-17(20)15-8-6-14(7-9-15)10-11-18/h3-9H,10H2,1-2H3,(H,19,20). The largest absolute Gasteiger partial charge is 0.322 e. The average molecular weight is 264 g/mol. The smallest absolute Gasteiger partial charge is 0.255 e. The highest BCUT2D eigenvalue weighted by Gasteiger charge is 2.09. The van der Waals surface area contributed by atoms with E-state index in [9.17, 15) is 4.79 Å². The van der Waals surface area contributed by atoms with Crippen molar-refractivity contribution in [2.75, 3.05) is 5.32 Å². The predicted molar refractivity (Wildman–Crippen MR) is 79.6 cm³/mol. The van der Waals surface area contributed by atoms with E-state index in [1.165, 1.54) is 0 Å². The molecule has 0 aromatic heterocycles. The molecule has 3 nitrogen and oxygen atoms in total. The zero-order chi connectivity index (χ0) is 14.5. The molecule has 0 spiro atoms. The number of nitrogens with zero attached hydrogens (tertiary/aromatic N) is 1. The number of aryl methyl sites for hydroxylation is 2. The molecule has 0 atom stereocenters. The van der Waals surface area contributed by atoms with E-state index < -0.39 is 0 Å². The van der Waals surface area contributed by atoms with Crippen LogP contribution in [-0.2, 0) is 6.42 Å². The number of carbonyl (C=O) groups is 1. The fraction of sp³-hybridized carbons (Fsp3) is 0.176. The number of nitriles is 1. The molecule has 2 aromatic rings. The van der Waals surface area contributed by atoms with Gasteiger partial charge in [0.25, 0.3) is 5.91 Å². The van der Waals surface area contributed by atoms with E-state index in [1.807, 2.05) is 44.2 Å². The maximum atomic E-state index is 12.2. The van der Waals surface area contributed by atoms with Gasteiger partial charge in [0.1, 0.15) is 0 Å². The van der Waals surface area contributed by atoms with E-state index in [2.05, 4.69) is 11.4 Å². The summed E-state index contributed by atoms with van der Waals surface area (Å²) in [6.45, 7) is 3.94. The van der Waals surface area contributed by atoms with Crippen LogP contribution in [0.1, 0.15) is 27.0 Å². The molecule has 1 amide bonds. The number of amides is 1. The Morgan fingerprint density at radius 3 is 2.25 bits per heavy atom. The first kappa shape index (κ1) is 13.8. The van der Waals surface area contributed by atoms with Crippen LogP contribution < -0.4 is 5.32 Å². The van der Waals surface area contributed by atoms with Crippen LogP contribution in [0.3, 0.4) is 0 Å². The lowest BCUT2D eigenvalue weighted by molar-refractivity contribution is 0.102. The van der Waals surface area contributed by atoms with Gasteiger partial charge in [0, 0.05) is 11.3 Å². The number of para-hydroxylation sites is 1. The van der Waals surface area contributed by atoms with Crippen LogP contribution in [0, 0.1) is 25.2 Å². The summed E-state index contributed by atoms with van der Waals surface area (Å²) in [6, 6.07) is 15.1. The SMILES string of the molecule is Cc1cccc(C)c1NC(=O)c1ccc(CC#N)cc1. The summed E-state index contributed by atoms with van der Waals surface area (Å²) in [5.74, 6) is -0.133. The van der Waals surface area contributed by atoms with Crippen molar-refractivity contribution in [3.63, 3.8) is 0 Å². The lowest BCUT2D eigenvalue weighted by atomic mass is 10.1. The van der Waals surface area contributed by atoms with E-state index in [0.29, 0.717) is 12.0 Å². The molecule has 0 unspecified atom stereocenters. The van der Waals surface area contributed by atoms with Gasteiger partial charge < -0.3 is 5.32 Å². The maximum Gasteiger partial charge on any atom is 0.255 e. The summed E-state index contributed by atoms with van der Waals surface area (Å²) in [6.07, 6.45) is 0.360. The van der Waals surface area contributed by atoms with Gasteiger partial charge in [-0.25, -0.2) is 0 Å². The third kappa shape index (κ3) is 3.04. The summed E-state index contributed by atoms with van der Waals surface area (Å²) < 4.78 is 0. The first-order valence-electron chi connectivity index (χ1n) is 6.45.